The molecule has 0 bridgehead atoms. The number of nitrogens with zero attached hydrogens (tertiary/aromatic N) is 1. The monoisotopic (exact) mass is 295 g/mol. The van der Waals surface area contributed by atoms with Crippen LogP contribution in [0.5, 0.6) is 0 Å². The fourth-order valence-corrected chi connectivity index (χ4v) is 2.96. The number of rotatable bonds is 5. The molecule has 0 atom stereocenters. The molecule has 4 nitrogen and oxygen atoms in total. The van der Waals surface area contributed by atoms with Gasteiger partial charge in [0, 0.05) is 11.6 Å². The van der Waals surface area contributed by atoms with Gasteiger partial charge in [0.05, 0.1) is 17.9 Å². The lowest BCUT2D eigenvalue weighted by atomic mass is 10.1. The van der Waals surface area contributed by atoms with Crippen molar-refractivity contribution in [2.75, 3.05) is 31.2 Å². The highest BCUT2D eigenvalue weighted by atomic mass is 35.5. The molecule has 1 aliphatic rings. The molecule has 1 amide bonds. The minimum absolute atomic E-state index is 0.0421. The van der Waals surface area contributed by atoms with E-state index in [2.05, 4.69) is 10.2 Å². The lowest BCUT2D eigenvalue weighted by molar-refractivity contribution is -0.117. The highest BCUT2D eigenvalue weighted by molar-refractivity contribution is 6.31. The number of amides is 1. The van der Waals surface area contributed by atoms with E-state index in [0.717, 1.165) is 12.5 Å². The average Bonchev–Trinajstić information content (AvgIpc) is 2.85. The summed E-state index contributed by atoms with van der Waals surface area (Å²) in [5.41, 5.74) is 6.93. The van der Waals surface area contributed by atoms with Crippen LogP contribution in [0.1, 0.15) is 25.7 Å². The van der Waals surface area contributed by atoms with Crippen LogP contribution in [0, 0.1) is 5.92 Å². The molecular formula is C15H22ClN3O. The number of nitrogen functional groups attached to an aromatic ring is 1. The zero-order valence-electron chi connectivity index (χ0n) is 11.9. The largest absolute Gasteiger partial charge is 0.397 e. The van der Waals surface area contributed by atoms with E-state index in [0.29, 0.717) is 22.9 Å². The minimum atomic E-state index is -0.0421. The molecule has 0 unspecified atom stereocenters. The Morgan fingerprint density at radius 3 is 2.80 bits per heavy atom. The summed E-state index contributed by atoms with van der Waals surface area (Å²) in [5.74, 6) is 0.702. The van der Waals surface area contributed by atoms with Gasteiger partial charge in [-0.1, -0.05) is 24.4 Å². The first kappa shape index (κ1) is 15.1. The summed E-state index contributed by atoms with van der Waals surface area (Å²) >= 11 is 5.83. The fraction of sp³-hybridized carbons (Fsp3) is 0.533. The molecule has 3 N–H and O–H groups in total. The van der Waals surface area contributed by atoms with Crippen LogP contribution in [-0.2, 0) is 4.79 Å². The van der Waals surface area contributed by atoms with E-state index < -0.39 is 0 Å². The first-order valence-electron chi connectivity index (χ1n) is 7.08. The lowest BCUT2D eigenvalue weighted by Crippen LogP contribution is -2.33. The second kappa shape index (κ2) is 6.95. The molecule has 0 aliphatic heterocycles. The van der Waals surface area contributed by atoms with Gasteiger partial charge in [-0.05, 0) is 44.0 Å². The molecular weight excluding hydrogens is 274 g/mol. The fourth-order valence-electron chi connectivity index (χ4n) is 2.78. The SMILES string of the molecule is CN(CC(=O)Nc1ccc(Cl)cc1N)CC1CCCC1. The van der Waals surface area contributed by atoms with Crippen LogP contribution in [0.2, 0.25) is 5.02 Å². The smallest absolute Gasteiger partial charge is 0.238 e. The zero-order valence-corrected chi connectivity index (χ0v) is 12.6. The molecule has 0 saturated heterocycles. The lowest BCUT2D eigenvalue weighted by Gasteiger charge is -2.20. The van der Waals surface area contributed by atoms with E-state index >= 15 is 0 Å². The van der Waals surface area contributed by atoms with Gasteiger partial charge in [-0.25, -0.2) is 0 Å². The first-order chi connectivity index (χ1) is 9.54. The van der Waals surface area contributed by atoms with Crippen molar-refractivity contribution in [2.24, 2.45) is 5.92 Å². The van der Waals surface area contributed by atoms with Crippen molar-refractivity contribution < 1.29 is 4.79 Å². The Hall–Kier alpha value is -1.26. The molecule has 5 heteroatoms. The Balaban J connectivity index is 1.82. The van der Waals surface area contributed by atoms with Gasteiger partial charge in [-0.2, -0.15) is 0 Å². The van der Waals surface area contributed by atoms with Gasteiger partial charge in [0.15, 0.2) is 0 Å². The van der Waals surface area contributed by atoms with E-state index in [4.69, 9.17) is 17.3 Å². The summed E-state index contributed by atoms with van der Waals surface area (Å²) in [6.45, 7) is 1.38. The van der Waals surface area contributed by atoms with Crippen LogP contribution in [0.4, 0.5) is 11.4 Å². The Morgan fingerprint density at radius 1 is 1.45 bits per heavy atom. The van der Waals surface area contributed by atoms with Gasteiger partial charge >= 0.3 is 0 Å². The third-order valence-corrected chi connectivity index (χ3v) is 3.98. The highest BCUT2D eigenvalue weighted by Gasteiger charge is 2.18. The Bertz CT molecular complexity index is 472. The first-order valence-corrected chi connectivity index (χ1v) is 7.46. The molecule has 1 saturated carbocycles. The number of hydrogen-bond acceptors (Lipinski definition) is 3. The molecule has 1 fully saturated rings. The van der Waals surface area contributed by atoms with Gasteiger partial charge < -0.3 is 11.1 Å². The maximum absolute atomic E-state index is 12.0. The van der Waals surface area contributed by atoms with Crippen LogP contribution in [-0.4, -0.2) is 30.9 Å². The number of nitrogens with two attached hydrogens (primary N) is 1. The van der Waals surface area contributed by atoms with Crippen molar-refractivity contribution >= 4 is 28.9 Å². The molecule has 1 aromatic rings. The Kier molecular flexibility index (Phi) is 5.26. The maximum atomic E-state index is 12.0. The predicted molar refractivity (Wildman–Crippen MR) is 83.9 cm³/mol. The van der Waals surface area contributed by atoms with Crippen LogP contribution >= 0.6 is 11.6 Å². The molecule has 0 heterocycles. The van der Waals surface area contributed by atoms with E-state index in [-0.39, 0.29) is 5.91 Å². The number of anilines is 2. The average molecular weight is 296 g/mol. The molecule has 1 aliphatic carbocycles. The Morgan fingerprint density at radius 2 is 2.15 bits per heavy atom. The van der Waals surface area contributed by atoms with E-state index in [9.17, 15) is 4.79 Å². The molecule has 0 radical (unpaired) electrons. The van der Waals surface area contributed by atoms with E-state index in [1.165, 1.54) is 25.7 Å². The van der Waals surface area contributed by atoms with Crippen molar-refractivity contribution in [3.05, 3.63) is 23.2 Å². The number of carbonyl (C=O) groups is 1. The number of nitrogens with one attached hydrogen (secondary N) is 1. The van der Waals surface area contributed by atoms with Crippen molar-refractivity contribution in [2.45, 2.75) is 25.7 Å². The highest BCUT2D eigenvalue weighted by Crippen LogP contribution is 2.25. The van der Waals surface area contributed by atoms with Crippen molar-refractivity contribution in [1.82, 2.24) is 4.90 Å². The van der Waals surface area contributed by atoms with Gasteiger partial charge in [0.25, 0.3) is 0 Å². The summed E-state index contributed by atoms with van der Waals surface area (Å²) in [6.07, 6.45) is 5.23. The van der Waals surface area contributed by atoms with Crippen molar-refractivity contribution in [3.8, 4) is 0 Å². The number of likely N-dealkylation sites (N-methyl/N-ethyl adjacent to an activating group) is 1. The van der Waals surface area contributed by atoms with Gasteiger partial charge in [-0.3, -0.25) is 9.69 Å². The summed E-state index contributed by atoms with van der Waals surface area (Å²) in [5, 5.41) is 3.40. The van der Waals surface area contributed by atoms with Crippen molar-refractivity contribution in [1.29, 1.82) is 0 Å². The summed E-state index contributed by atoms with van der Waals surface area (Å²) in [4.78, 5) is 14.1. The van der Waals surface area contributed by atoms with Gasteiger partial charge in [0.1, 0.15) is 0 Å². The van der Waals surface area contributed by atoms with Gasteiger partial charge in [0.2, 0.25) is 5.91 Å². The number of hydrogen-bond donors (Lipinski definition) is 2. The minimum Gasteiger partial charge on any atom is -0.397 e. The Labute approximate surface area is 125 Å². The van der Waals surface area contributed by atoms with Crippen molar-refractivity contribution in [3.63, 3.8) is 0 Å². The molecule has 0 spiro atoms. The van der Waals surface area contributed by atoms with Crippen LogP contribution < -0.4 is 11.1 Å². The third kappa shape index (κ3) is 4.39. The number of benzene rings is 1. The van der Waals surface area contributed by atoms with Crippen LogP contribution in [0.3, 0.4) is 0 Å². The van der Waals surface area contributed by atoms with Crippen LogP contribution in [0.25, 0.3) is 0 Å². The number of halogens is 1. The topological polar surface area (TPSA) is 58.4 Å². The molecule has 2 rings (SSSR count). The second-order valence-electron chi connectivity index (χ2n) is 5.63. The normalized spacial score (nSPS) is 15.8. The molecule has 1 aromatic carbocycles. The molecule has 20 heavy (non-hydrogen) atoms. The quantitative estimate of drug-likeness (QED) is 0.821. The maximum Gasteiger partial charge on any atom is 0.238 e. The van der Waals surface area contributed by atoms with Crippen LogP contribution in [0.15, 0.2) is 18.2 Å². The zero-order chi connectivity index (χ0) is 14.5. The molecule has 110 valence electrons. The van der Waals surface area contributed by atoms with E-state index in [1.54, 1.807) is 18.2 Å². The number of carbonyl (C=O) groups excluding carboxylic acids is 1. The standard InChI is InChI=1S/C15H22ClN3O/c1-19(9-11-4-2-3-5-11)10-15(20)18-14-7-6-12(16)8-13(14)17/h6-8,11H,2-5,9-10,17H2,1H3,(H,18,20). The summed E-state index contributed by atoms with van der Waals surface area (Å²) < 4.78 is 0. The second-order valence-corrected chi connectivity index (χ2v) is 6.06. The third-order valence-electron chi connectivity index (χ3n) is 3.75. The van der Waals surface area contributed by atoms with Gasteiger partial charge in [-0.15, -0.1) is 0 Å². The predicted octanol–water partition coefficient (Wildman–Crippen LogP) is 2.98. The summed E-state index contributed by atoms with van der Waals surface area (Å²) in [6, 6.07) is 5.09. The van der Waals surface area contributed by atoms with E-state index in [1.807, 2.05) is 7.05 Å². The summed E-state index contributed by atoms with van der Waals surface area (Å²) in [7, 11) is 1.99. The molecule has 0 aromatic heterocycles.